The fourth-order valence-corrected chi connectivity index (χ4v) is 4.01. The molecule has 34 heavy (non-hydrogen) atoms. The lowest BCUT2D eigenvalue weighted by Crippen LogP contribution is -2.13. The Hall–Kier alpha value is -4.26. The van der Waals surface area contributed by atoms with Crippen LogP contribution in [0.3, 0.4) is 0 Å². The molecule has 0 unspecified atom stereocenters. The average molecular weight is 491 g/mol. The molecule has 8 nitrogen and oxygen atoms in total. The molecular formula is C24H15ClN4O4S. The van der Waals surface area contributed by atoms with Crippen LogP contribution in [0.25, 0.3) is 17.4 Å². The minimum absolute atomic E-state index is 0.0302. The van der Waals surface area contributed by atoms with Crippen molar-refractivity contribution >= 4 is 45.7 Å². The van der Waals surface area contributed by atoms with E-state index in [-0.39, 0.29) is 11.3 Å². The molecule has 0 aliphatic heterocycles. The van der Waals surface area contributed by atoms with Gasteiger partial charge in [0.05, 0.1) is 4.92 Å². The molecule has 1 N–H and O–H groups in total. The van der Waals surface area contributed by atoms with Crippen molar-refractivity contribution in [2.24, 2.45) is 0 Å². The van der Waals surface area contributed by atoms with Gasteiger partial charge in [0.25, 0.3) is 11.6 Å². The monoisotopic (exact) mass is 490 g/mol. The standard InChI is InChI=1S/C24H15ClN4O4S/c25-18-5-1-15(2-6-18)11-21-14-27-24(34-21)28-23(30)17(13-26)12-20-9-10-22(33-20)16-3-7-19(8-4-16)29(31)32/h1-10,12,14H,11H2,(H,27,28,30). The number of rotatable bonds is 7. The van der Waals surface area contributed by atoms with Crippen LogP contribution in [0.4, 0.5) is 10.8 Å². The number of hydrogen-bond donors (Lipinski definition) is 1. The van der Waals surface area contributed by atoms with E-state index in [4.69, 9.17) is 16.0 Å². The number of halogens is 1. The minimum atomic E-state index is -0.608. The molecule has 0 saturated heterocycles. The Kier molecular flexibility index (Phi) is 6.82. The molecule has 1 amide bonds. The molecule has 0 fully saturated rings. The Labute approximate surface area is 202 Å². The number of benzene rings is 2. The Balaban J connectivity index is 1.43. The molecule has 10 heteroatoms. The van der Waals surface area contributed by atoms with Crippen molar-refractivity contribution in [3.63, 3.8) is 0 Å². The fraction of sp³-hybridized carbons (Fsp3) is 0.0417. The number of nitrogens with zero attached hydrogens (tertiary/aromatic N) is 3. The maximum atomic E-state index is 12.6. The van der Waals surface area contributed by atoms with Gasteiger partial charge in [-0.25, -0.2) is 4.98 Å². The number of aromatic nitrogens is 1. The largest absolute Gasteiger partial charge is 0.457 e. The Morgan fingerprint density at radius 1 is 1.18 bits per heavy atom. The molecule has 0 radical (unpaired) electrons. The second kappa shape index (κ2) is 10.1. The zero-order chi connectivity index (χ0) is 24.1. The number of non-ortho nitro benzene ring substituents is 1. The molecule has 168 valence electrons. The number of amides is 1. The van der Waals surface area contributed by atoms with E-state index >= 15 is 0 Å². The molecule has 2 heterocycles. The van der Waals surface area contributed by atoms with Gasteiger partial charge in [0, 0.05) is 46.3 Å². The van der Waals surface area contributed by atoms with E-state index in [1.165, 1.54) is 29.5 Å². The summed E-state index contributed by atoms with van der Waals surface area (Å²) >= 11 is 7.22. The molecule has 2 aromatic heterocycles. The summed E-state index contributed by atoms with van der Waals surface area (Å²) in [5.41, 5.74) is 1.51. The number of nitro groups is 1. The quantitative estimate of drug-likeness (QED) is 0.144. The second-order valence-corrected chi connectivity index (χ2v) is 8.62. The molecule has 4 rings (SSSR count). The normalized spacial score (nSPS) is 11.1. The molecular weight excluding hydrogens is 476 g/mol. The summed E-state index contributed by atoms with van der Waals surface area (Å²) in [5.74, 6) is 0.136. The van der Waals surface area contributed by atoms with Gasteiger partial charge in [-0.3, -0.25) is 20.2 Å². The first-order chi connectivity index (χ1) is 16.4. The van der Waals surface area contributed by atoms with Gasteiger partial charge < -0.3 is 4.42 Å². The van der Waals surface area contributed by atoms with Crippen LogP contribution in [-0.4, -0.2) is 15.8 Å². The first kappa shape index (κ1) is 22.9. The van der Waals surface area contributed by atoms with Crippen molar-refractivity contribution in [3.05, 3.63) is 104 Å². The van der Waals surface area contributed by atoms with Gasteiger partial charge in [0.1, 0.15) is 23.2 Å². The first-order valence-electron chi connectivity index (χ1n) is 9.88. The van der Waals surface area contributed by atoms with Crippen molar-refractivity contribution in [2.75, 3.05) is 5.32 Å². The van der Waals surface area contributed by atoms with E-state index in [2.05, 4.69) is 10.3 Å². The van der Waals surface area contributed by atoms with Crippen LogP contribution in [0.5, 0.6) is 0 Å². The highest BCUT2D eigenvalue weighted by molar-refractivity contribution is 7.15. The summed E-state index contributed by atoms with van der Waals surface area (Å²) in [6.45, 7) is 0. The zero-order valence-electron chi connectivity index (χ0n) is 17.4. The van der Waals surface area contributed by atoms with Crippen LogP contribution < -0.4 is 5.32 Å². The summed E-state index contributed by atoms with van der Waals surface area (Å²) in [7, 11) is 0. The van der Waals surface area contributed by atoms with Crippen LogP contribution in [-0.2, 0) is 11.2 Å². The number of carbonyl (C=O) groups excluding carboxylic acids is 1. The molecule has 0 saturated carbocycles. The fourth-order valence-electron chi connectivity index (χ4n) is 3.04. The highest BCUT2D eigenvalue weighted by Gasteiger charge is 2.14. The molecule has 0 atom stereocenters. The predicted molar refractivity (Wildman–Crippen MR) is 129 cm³/mol. The Morgan fingerprint density at radius 2 is 1.91 bits per heavy atom. The molecule has 4 aromatic rings. The van der Waals surface area contributed by atoms with Crippen molar-refractivity contribution in [2.45, 2.75) is 6.42 Å². The van der Waals surface area contributed by atoms with Crippen molar-refractivity contribution < 1.29 is 14.1 Å². The van der Waals surface area contributed by atoms with Crippen LogP contribution in [0.1, 0.15) is 16.2 Å². The first-order valence-corrected chi connectivity index (χ1v) is 11.1. The van der Waals surface area contributed by atoms with Gasteiger partial charge >= 0.3 is 0 Å². The van der Waals surface area contributed by atoms with Crippen molar-refractivity contribution in [1.82, 2.24) is 4.98 Å². The number of furan rings is 1. The topological polar surface area (TPSA) is 122 Å². The van der Waals surface area contributed by atoms with Gasteiger partial charge in [-0.05, 0) is 42.0 Å². The van der Waals surface area contributed by atoms with Crippen molar-refractivity contribution in [1.29, 1.82) is 5.26 Å². The molecule has 0 spiro atoms. The number of anilines is 1. The third-order valence-corrected chi connectivity index (χ3v) is 5.87. The second-order valence-electron chi connectivity index (χ2n) is 7.06. The number of nitro benzene ring substituents is 1. The van der Waals surface area contributed by atoms with E-state index in [9.17, 15) is 20.2 Å². The van der Waals surface area contributed by atoms with Crippen LogP contribution in [0.2, 0.25) is 5.02 Å². The third-order valence-electron chi connectivity index (χ3n) is 4.71. The van der Waals surface area contributed by atoms with Gasteiger partial charge in [0.15, 0.2) is 5.13 Å². The van der Waals surface area contributed by atoms with E-state index in [1.54, 1.807) is 30.5 Å². The average Bonchev–Trinajstić information content (AvgIpc) is 3.48. The Bertz CT molecular complexity index is 1420. The predicted octanol–water partition coefficient (Wildman–Crippen LogP) is 6.10. The summed E-state index contributed by atoms with van der Waals surface area (Å²) < 4.78 is 5.68. The van der Waals surface area contributed by atoms with E-state index in [0.29, 0.717) is 33.7 Å². The maximum absolute atomic E-state index is 12.6. The van der Waals surface area contributed by atoms with E-state index in [0.717, 1.165) is 10.4 Å². The van der Waals surface area contributed by atoms with E-state index in [1.807, 2.05) is 30.3 Å². The number of nitriles is 1. The lowest BCUT2D eigenvalue weighted by molar-refractivity contribution is -0.384. The lowest BCUT2D eigenvalue weighted by Gasteiger charge is -2.00. The third kappa shape index (κ3) is 5.56. The molecule has 0 bridgehead atoms. The van der Waals surface area contributed by atoms with Crippen LogP contribution >= 0.6 is 22.9 Å². The zero-order valence-corrected chi connectivity index (χ0v) is 19.0. The molecule has 0 aliphatic carbocycles. The number of carbonyl (C=O) groups is 1. The Morgan fingerprint density at radius 3 is 2.59 bits per heavy atom. The number of hydrogen-bond acceptors (Lipinski definition) is 7. The summed E-state index contributed by atoms with van der Waals surface area (Å²) in [6.07, 6.45) is 3.64. The SMILES string of the molecule is N#CC(=Cc1ccc(-c2ccc([N+](=O)[O-])cc2)o1)C(=O)Nc1ncc(Cc2ccc(Cl)cc2)s1. The van der Waals surface area contributed by atoms with Gasteiger partial charge in [-0.1, -0.05) is 23.7 Å². The van der Waals surface area contributed by atoms with Crippen molar-refractivity contribution in [3.8, 4) is 17.4 Å². The highest BCUT2D eigenvalue weighted by atomic mass is 35.5. The smallest absolute Gasteiger partial charge is 0.269 e. The van der Waals surface area contributed by atoms with Gasteiger partial charge in [-0.15, -0.1) is 11.3 Å². The summed E-state index contributed by atoms with van der Waals surface area (Å²) in [5, 5.41) is 23.9. The minimum Gasteiger partial charge on any atom is -0.457 e. The van der Waals surface area contributed by atoms with Gasteiger partial charge in [0.2, 0.25) is 0 Å². The van der Waals surface area contributed by atoms with E-state index < -0.39 is 10.8 Å². The molecule has 2 aromatic carbocycles. The maximum Gasteiger partial charge on any atom is 0.269 e. The van der Waals surface area contributed by atoms with Crippen LogP contribution in [0.15, 0.2) is 76.9 Å². The highest BCUT2D eigenvalue weighted by Crippen LogP contribution is 2.26. The molecule has 0 aliphatic rings. The summed E-state index contributed by atoms with van der Waals surface area (Å²) in [4.78, 5) is 28.0. The number of nitrogens with one attached hydrogen (secondary N) is 1. The van der Waals surface area contributed by atoms with Crippen LogP contribution in [0, 0.1) is 21.4 Å². The van der Waals surface area contributed by atoms with Gasteiger partial charge in [-0.2, -0.15) is 5.26 Å². The lowest BCUT2D eigenvalue weighted by atomic mass is 10.1. The number of thiazole rings is 1. The summed E-state index contributed by atoms with van der Waals surface area (Å²) in [6, 6.07) is 18.5.